The Morgan fingerprint density at radius 3 is 2.24 bits per heavy atom. The van der Waals surface area contributed by atoms with Crippen molar-refractivity contribution in [2.45, 2.75) is 17.4 Å². The van der Waals surface area contributed by atoms with E-state index < -0.39 is 34.3 Å². The van der Waals surface area contributed by atoms with Gasteiger partial charge in [-0.25, -0.2) is 17.8 Å². The standard InChI is InChI=1S/C34H29FN4O5S/c1-43-28-14-6-23(7-15-28)31-20-32(24-8-16-29(44-2)17-9-24)39(37-31)34(40)22-38(27-12-10-26(35)11-13-27)45(41,42)33-5-3-4-25-21-36-19-18-30(25)33/h3-19,21,32H,20,22H2,1-2H3. The lowest BCUT2D eigenvalue weighted by Crippen LogP contribution is -2.41. The van der Waals surface area contributed by atoms with Gasteiger partial charge in [-0.15, -0.1) is 0 Å². The monoisotopic (exact) mass is 624 g/mol. The van der Waals surface area contributed by atoms with Gasteiger partial charge in [-0.1, -0.05) is 24.3 Å². The molecule has 1 amide bonds. The number of pyridine rings is 1. The topological polar surface area (TPSA) is 101 Å². The summed E-state index contributed by atoms with van der Waals surface area (Å²) in [5, 5.41) is 7.12. The van der Waals surface area contributed by atoms with E-state index >= 15 is 0 Å². The second kappa shape index (κ2) is 12.4. The van der Waals surface area contributed by atoms with Crippen molar-refractivity contribution in [3.05, 3.63) is 126 Å². The van der Waals surface area contributed by atoms with Crippen LogP contribution < -0.4 is 13.8 Å². The summed E-state index contributed by atoms with van der Waals surface area (Å²) >= 11 is 0. The molecule has 1 aliphatic heterocycles. The number of carbonyl (C=O) groups excluding carboxylic acids is 1. The first-order valence-electron chi connectivity index (χ1n) is 14.1. The van der Waals surface area contributed by atoms with Crippen LogP contribution in [0.2, 0.25) is 0 Å². The molecule has 1 aliphatic rings. The zero-order chi connectivity index (χ0) is 31.6. The zero-order valence-electron chi connectivity index (χ0n) is 24.5. The Morgan fingerprint density at radius 2 is 1.58 bits per heavy atom. The normalized spacial score (nSPS) is 14.7. The Morgan fingerprint density at radius 1 is 0.911 bits per heavy atom. The Bertz CT molecular complexity index is 1980. The molecule has 6 rings (SSSR count). The molecule has 5 aromatic rings. The summed E-state index contributed by atoms with van der Waals surface area (Å²) in [6, 6.07) is 25.6. The second-order valence-corrected chi connectivity index (χ2v) is 12.2. The van der Waals surface area contributed by atoms with E-state index in [0.29, 0.717) is 34.4 Å². The minimum atomic E-state index is -4.33. The third-order valence-electron chi connectivity index (χ3n) is 7.69. The van der Waals surface area contributed by atoms with Gasteiger partial charge in [0.25, 0.3) is 15.9 Å². The van der Waals surface area contributed by atoms with Crippen LogP contribution in [0.1, 0.15) is 23.6 Å². The fraction of sp³-hybridized carbons (Fsp3) is 0.147. The van der Waals surface area contributed by atoms with Gasteiger partial charge < -0.3 is 9.47 Å². The maximum absolute atomic E-state index is 14.3. The SMILES string of the molecule is COc1ccc(C2=NN(C(=O)CN(c3ccc(F)cc3)S(=O)(=O)c3cccc4cnccc34)C(c3ccc(OC)cc3)C2)cc1. The number of anilines is 1. The summed E-state index contributed by atoms with van der Waals surface area (Å²) in [5.41, 5.74) is 2.39. The van der Waals surface area contributed by atoms with E-state index in [4.69, 9.17) is 14.6 Å². The second-order valence-electron chi connectivity index (χ2n) is 10.3. The first-order chi connectivity index (χ1) is 21.8. The van der Waals surface area contributed by atoms with Crippen molar-refractivity contribution in [1.82, 2.24) is 9.99 Å². The average Bonchev–Trinajstić information content (AvgIpc) is 3.53. The number of amides is 1. The van der Waals surface area contributed by atoms with E-state index in [-0.39, 0.29) is 10.6 Å². The molecular weight excluding hydrogens is 595 g/mol. The average molecular weight is 625 g/mol. The first kappa shape index (κ1) is 29.8. The minimum absolute atomic E-state index is 0.00456. The molecule has 4 aromatic carbocycles. The molecule has 0 N–H and O–H groups in total. The third-order valence-corrected chi connectivity index (χ3v) is 9.52. The third kappa shape index (κ3) is 5.94. The number of carbonyl (C=O) groups is 1. The summed E-state index contributed by atoms with van der Waals surface area (Å²) in [7, 11) is -1.17. The van der Waals surface area contributed by atoms with Crippen molar-refractivity contribution in [1.29, 1.82) is 0 Å². The smallest absolute Gasteiger partial charge is 0.265 e. The van der Waals surface area contributed by atoms with Crippen LogP contribution in [0, 0.1) is 5.82 Å². The molecule has 0 saturated carbocycles. The van der Waals surface area contributed by atoms with Crippen LogP contribution in [0.25, 0.3) is 10.8 Å². The zero-order valence-corrected chi connectivity index (χ0v) is 25.3. The Kier molecular flexibility index (Phi) is 8.18. The highest BCUT2D eigenvalue weighted by Crippen LogP contribution is 2.35. The largest absolute Gasteiger partial charge is 0.497 e. The van der Waals surface area contributed by atoms with Gasteiger partial charge in [0, 0.05) is 29.6 Å². The number of halogens is 1. The molecule has 228 valence electrons. The van der Waals surface area contributed by atoms with Gasteiger partial charge in [0.05, 0.1) is 36.6 Å². The molecule has 45 heavy (non-hydrogen) atoms. The highest BCUT2D eigenvalue weighted by molar-refractivity contribution is 7.93. The summed E-state index contributed by atoms with van der Waals surface area (Å²) in [6.07, 6.45) is 3.47. The van der Waals surface area contributed by atoms with Crippen molar-refractivity contribution in [3.8, 4) is 11.5 Å². The number of hydrazone groups is 1. The molecule has 2 heterocycles. The molecular formula is C34H29FN4O5S. The predicted octanol–water partition coefficient (Wildman–Crippen LogP) is 5.96. The lowest BCUT2D eigenvalue weighted by Gasteiger charge is -2.28. The van der Waals surface area contributed by atoms with E-state index in [1.165, 1.54) is 29.4 Å². The Balaban J connectivity index is 1.41. The lowest BCUT2D eigenvalue weighted by atomic mass is 9.98. The first-order valence-corrected chi connectivity index (χ1v) is 15.5. The Labute approximate surface area is 260 Å². The molecule has 0 radical (unpaired) electrons. The number of methoxy groups -OCH3 is 2. The maximum Gasteiger partial charge on any atom is 0.265 e. The van der Waals surface area contributed by atoms with E-state index in [0.717, 1.165) is 27.6 Å². The number of hydrogen-bond acceptors (Lipinski definition) is 7. The van der Waals surface area contributed by atoms with Gasteiger partial charge in [0.15, 0.2) is 0 Å². The van der Waals surface area contributed by atoms with Crippen LogP contribution >= 0.6 is 0 Å². The molecule has 0 bridgehead atoms. The highest BCUT2D eigenvalue weighted by Gasteiger charge is 2.37. The molecule has 0 aliphatic carbocycles. The van der Waals surface area contributed by atoms with Crippen molar-refractivity contribution >= 4 is 38.1 Å². The maximum atomic E-state index is 14.3. The van der Waals surface area contributed by atoms with Crippen LogP contribution in [0.3, 0.4) is 0 Å². The van der Waals surface area contributed by atoms with E-state index in [2.05, 4.69) is 4.98 Å². The highest BCUT2D eigenvalue weighted by atomic mass is 32.2. The van der Waals surface area contributed by atoms with Gasteiger partial charge in [-0.05, 0) is 83.9 Å². The van der Waals surface area contributed by atoms with Crippen LogP contribution in [0.4, 0.5) is 10.1 Å². The Hall–Kier alpha value is -5.29. The van der Waals surface area contributed by atoms with Crippen molar-refractivity contribution in [2.24, 2.45) is 5.10 Å². The van der Waals surface area contributed by atoms with Gasteiger partial charge in [-0.3, -0.25) is 14.1 Å². The van der Waals surface area contributed by atoms with Gasteiger partial charge in [-0.2, -0.15) is 5.10 Å². The number of sulfonamides is 1. The quantitative estimate of drug-likeness (QED) is 0.201. The number of benzene rings is 4. The number of aromatic nitrogens is 1. The van der Waals surface area contributed by atoms with Crippen LogP contribution in [0.5, 0.6) is 11.5 Å². The van der Waals surface area contributed by atoms with Crippen LogP contribution in [0.15, 0.2) is 119 Å². The molecule has 0 saturated heterocycles. The predicted molar refractivity (Wildman–Crippen MR) is 169 cm³/mol. The number of hydrogen-bond donors (Lipinski definition) is 0. The van der Waals surface area contributed by atoms with E-state index in [9.17, 15) is 17.6 Å². The summed E-state index contributed by atoms with van der Waals surface area (Å²) < 4.78 is 54.2. The van der Waals surface area contributed by atoms with Crippen LogP contribution in [-0.4, -0.2) is 50.8 Å². The van der Waals surface area contributed by atoms with E-state index in [1.54, 1.807) is 50.7 Å². The fourth-order valence-corrected chi connectivity index (χ4v) is 6.97. The lowest BCUT2D eigenvalue weighted by molar-refractivity contribution is -0.131. The van der Waals surface area contributed by atoms with Gasteiger partial charge in [0.1, 0.15) is 23.9 Å². The molecule has 1 atom stereocenters. The number of nitrogens with zero attached hydrogens (tertiary/aromatic N) is 4. The summed E-state index contributed by atoms with van der Waals surface area (Å²) in [4.78, 5) is 18.3. The van der Waals surface area contributed by atoms with Crippen LogP contribution in [-0.2, 0) is 14.8 Å². The van der Waals surface area contributed by atoms with Crippen molar-refractivity contribution in [3.63, 3.8) is 0 Å². The number of rotatable bonds is 9. The molecule has 1 unspecified atom stereocenters. The minimum Gasteiger partial charge on any atom is -0.497 e. The molecule has 0 spiro atoms. The number of ether oxygens (including phenoxy) is 2. The van der Waals surface area contributed by atoms with Gasteiger partial charge in [0.2, 0.25) is 0 Å². The van der Waals surface area contributed by atoms with Gasteiger partial charge >= 0.3 is 0 Å². The van der Waals surface area contributed by atoms with E-state index in [1.807, 2.05) is 36.4 Å². The summed E-state index contributed by atoms with van der Waals surface area (Å²) in [5.74, 6) is 0.242. The number of fused-ring (bicyclic) bond motifs is 1. The molecule has 9 nitrogen and oxygen atoms in total. The molecule has 11 heteroatoms. The molecule has 0 fully saturated rings. The van der Waals surface area contributed by atoms with Crippen molar-refractivity contribution < 1.29 is 27.1 Å². The fourth-order valence-electron chi connectivity index (χ4n) is 5.34. The summed E-state index contributed by atoms with van der Waals surface area (Å²) in [6.45, 7) is -0.582. The molecule has 1 aromatic heterocycles. The van der Waals surface area contributed by atoms with Crippen molar-refractivity contribution in [2.75, 3.05) is 25.1 Å².